The number of morpholine rings is 1. The maximum absolute atomic E-state index is 5.45. The molecule has 2 fully saturated rings. The fourth-order valence-corrected chi connectivity index (χ4v) is 3.14. The van der Waals surface area contributed by atoms with Gasteiger partial charge in [-0.05, 0) is 25.0 Å². The lowest BCUT2D eigenvalue weighted by Gasteiger charge is -2.32. The van der Waals surface area contributed by atoms with Gasteiger partial charge in [0.05, 0.1) is 13.2 Å². The van der Waals surface area contributed by atoms with Crippen molar-refractivity contribution in [2.45, 2.75) is 25.8 Å². The van der Waals surface area contributed by atoms with E-state index in [2.05, 4.69) is 40.2 Å². The number of ether oxygens (including phenoxy) is 1. The van der Waals surface area contributed by atoms with Gasteiger partial charge in [-0.15, -0.1) is 0 Å². The monoisotopic (exact) mass is 290 g/mol. The molecule has 1 aromatic rings. The second-order valence-electron chi connectivity index (χ2n) is 5.84. The number of pyridine rings is 1. The van der Waals surface area contributed by atoms with Gasteiger partial charge in [-0.1, -0.05) is 13.0 Å². The standard InChI is InChI=1S/C16H26N4O/c1-2-7-17-15-4-3-5-16(18-15)20-8-6-14(13-20)19-9-11-21-12-10-19/h3-5,14H,2,6-13H2,1H3,(H,17,18). The predicted octanol–water partition coefficient (Wildman–Crippen LogP) is 1.81. The molecule has 0 amide bonds. The van der Waals surface area contributed by atoms with Gasteiger partial charge in [0.2, 0.25) is 0 Å². The third-order valence-electron chi connectivity index (χ3n) is 4.34. The predicted molar refractivity (Wildman–Crippen MR) is 86.0 cm³/mol. The third kappa shape index (κ3) is 3.66. The summed E-state index contributed by atoms with van der Waals surface area (Å²) in [5.74, 6) is 2.09. The zero-order valence-electron chi connectivity index (χ0n) is 12.9. The summed E-state index contributed by atoms with van der Waals surface area (Å²) in [5.41, 5.74) is 0. The van der Waals surface area contributed by atoms with E-state index in [1.54, 1.807) is 0 Å². The number of rotatable bonds is 5. The molecule has 0 aromatic carbocycles. The van der Waals surface area contributed by atoms with E-state index in [-0.39, 0.29) is 0 Å². The van der Waals surface area contributed by atoms with Crippen LogP contribution in [0.1, 0.15) is 19.8 Å². The highest BCUT2D eigenvalue weighted by atomic mass is 16.5. The van der Waals surface area contributed by atoms with Gasteiger partial charge in [-0.25, -0.2) is 4.98 Å². The Morgan fingerprint density at radius 2 is 2.14 bits per heavy atom. The lowest BCUT2D eigenvalue weighted by molar-refractivity contribution is 0.0209. The van der Waals surface area contributed by atoms with E-state index in [1.165, 1.54) is 6.42 Å². The molecule has 0 radical (unpaired) electrons. The van der Waals surface area contributed by atoms with Crippen molar-refractivity contribution in [3.63, 3.8) is 0 Å². The van der Waals surface area contributed by atoms with E-state index in [0.717, 1.165) is 64.0 Å². The van der Waals surface area contributed by atoms with Crippen molar-refractivity contribution in [2.75, 3.05) is 56.2 Å². The van der Waals surface area contributed by atoms with E-state index in [4.69, 9.17) is 9.72 Å². The molecule has 3 heterocycles. The van der Waals surface area contributed by atoms with Crippen LogP contribution in [-0.2, 0) is 4.74 Å². The zero-order valence-corrected chi connectivity index (χ0v) is 12.9. The summed E-state index contributed by atoms with van der Waals surface area (Å²) in [5, 5.41) is 3.37. The Bertz CT molecular complexity index is 448. The first-order chi connectivity index (χ1) is 10.4. The summed E-state index contributed by atoms with van der Waals surface area (Å²) in [4.78, 5) is 9.73. The highest BCUT2D eigenvalue weighted by Crippen LogP contribution is 2.23. The minimum atomic E-state index is 0.656. The molecule has 2 saturated heterocycles. The minimum Gasteiger partial charge on any atom is -0.379 e. The molecule has 5 heteroatoms. The van der Waals surface area contributed by atoms with Crippen LogP contribution in [-0.4, -0.2) is 61.9 Å². The van der Waals surface area contributed by atoms with Crippen LogP contribution in [0.3, 0.4) is 0 Å². The first-order valence-electron chi connectivity index (χ1n) is 8.14. The molecule has 0 bridgehead atoms. The van der Waals surface area contributed by atoms with Gasteiger partial charge < -0.3 is 15.0 Å². The Morgan fingerprint density at radius 3 is 2.95 bits per heavy atom. The molecule has 1 atom stereocenters. The van der Waals surface area contributed by atoms with E-state index < -0.39 is 0 Å². The summed E-state index contributed by atoms with van der Waals surface area (Å²) in [7, 11) is 0. The molecule has 0 saturated carbocycles. The van der Waals surface area contributed by atoms with Crippen LogP contribution in [0, 0.1) is 0 Å². The molecular formula is C16H26N4O. The molecule has 116 valence electrons. The number of nitrogens with zero attached hydrogens (tertiary/aromatic N) is 3. The largest absolute Gasteiger partial charge is 0.379 e. The average molecular weight is 290 g/mol. The van der Waals surface area contributed by atoms with Crippen LogP contribution >= 0.6 is 0 Å². The smallest absolute Gasteiger partial charge is 0.131 e. The zero-order chi connectivity index (χ0) is 14.5. The van der Waals surface area contributed by atoms with E-state index in [0.29, 0.717) is 6.04 Å². The molecule has 0 spiro atoms. The molecule has 21 heavy (non-hydrogen) atoms. The Hall–Kier alpha value is -1.33. The lowest BCUT2D eigenvalue weighted by Crippen LogP contribution is -2.44. The van der Waals surface area contributed by atoms with Crippen molar-refractivity contribution in [3.8, 4) is 0 Å². The first-order valence-corrected chi connectivity index (χ1v) is 8.14. The Balaban J connectivity index is 1.60. The Kier molecular flexibility index (Phi) is 4.93. The van der Waals surface area contributed by atoms with Crippen molar-refractivity contribution in [1.29, 1.82) is 0 Å². The highest BCUT2D eigenvalue weighted by molar-refractivity contribution is 5.48. The van der Waals surface area contributed by atoms with Crippen molar-refractivity contribution < 1.29 is 4.74 Å². The van der Waals surface area contributed by atoms with E-state index in [1.807, 2.05) is 0 Å². The van der Waals surface area contributed by atoms with Crippen LogP contribution in [0.5, 0.6) is 0 Å². The Morgan fingerprint density at radius 1 is 1.29 bits per heavy atom. The van der Waals surface area contributed by atoms with E-state index in [9.17, 15) is 0 Å². The maximum Gasteiger partial charge on any atom is 0.131 e. The van der Waals surface area contributed by atoms with Gasteiger partial charge >= 0.3 is 0 Å². The lowest BCUT2D eigenvalue weighted by atomic mass is 10.2. The van der Waals surface area contributed by atoms with Gasteiger partial charge in [0.1, 0.15) is 11.6 Å². The summed E-state index contributed by atoms with van der Waals surface area (Å²) < 4.78 is 5.45. The Labute approximate surface area is 127 Å². The second kappa shape index (κ2) is 7.09. The molecular weight excluding hydrogens is 264 g/mol. The van der Waals surface area contributed by atoms with Crippen molar-refractivity contribution >= 4 is 11.6 Å². The quantitative estimate of drug-likeness (QED) is 0.896. The van der Waals surface area contributed by atoms with Crippen LogP contribution < -0.4 is 10.2 Å². The number of anilines is 2. The summed E-state index contributed by atoms with van der Waals surface area (Å²) >= 11 is 0. The molecule has 3 rings (SSSR count). The molecule has 2 aliphatic rings. The number of hydrogen-bond acceptors (Lipinski definition) is 5. The summed E-state index contributed by atoms with van der Waals surface area (Å²) in [6, 6.07) is 6.93. The second-order valence-corrected chi connectivity index (χ2v) is 5.84. The molecule has 1 N–H and O–H groups in total. The van der Waals surface area contributed by atoms with E-state index >= 15 is 0 Å². The molecule has 0 aliphatic carbocycles. The fraction of sp³-hybridized carbons (Fsp3) is 0.688. The van der Waals surface area contributed by atoms with Crippen LogP contribution in [0.4, 0.5) is 11.6 Å². The van der Waals surface area contributed by atoms with Crippen LogP contribution in [0.25, 0.3) is 0 Å². The van der Waals surface area contributed by atoms with Gasteiger partial charge in [0, 0.05) is 38.8 Å². The van der Waals surface area contributed by atoms with Gasteiger partial charge in [-0.3, -0.25) is 4.90 Å². The molecule has 1 unspecified atom stereocenters. The summed E-state index contributed by atoms with van der Waals surface area (Å²) in [6.45, 7) is 9.25. The molecule has 1 aromatic heterocycles. The van der Waals surface area contributed by atoms with Crippen molar-refractivity contribution in [2.24, 2.45) is 0 Å². The first kappa shape index (κ1) is 14.6. The number of hydrogen-bond donors (Lipinski definition) is 1. The van der Waals surface area contributed by atoms with Gasteiger partial charge in [-0.2, -0.15) is 0 Å². The molecule has 5 nitrogen and oxygen atoms in total. The SMILES string of the molecule is CCCNc1cccc(N2CCC(N3CCOCC3)C2)n1. The van der Waals surface area contributed by atoms with Crippen molar-refractivity contribution in [1.82, 2.24) is 9.88 Å². The minimum absolute atomic E-state index is 0.656. The average Bonchev–Trinajstić information content (AvgIpc) is 3.04. The topological polar surface area (TPSA) is 40.6 Å². The highest BCUT2D eigenvalue weighted by Gasteiger charge is 2.29. The number of nitrogens with one attached hydrogen (secondary N) is 1. The number of aromatic nitrogens is 1. The van der Waals surface area contributed by atoms with Gasteiger partial charge in [0.15, 0.2) is 0 Å². The van der Waals surface area contributed by atoms with Crippen molar-refractivity contribution in [3.05, 3.63) is 18.2 Å². The maximum atomic E-state index is 5.45. The normalized spacial score (nSPS) is 23.5. The fourth-order valence-electron chi connectivity index (χ4n) is 3.14. The third-order valence-corrected chi connectivity index (χ3v) is 4.34. The summed E-state index contributed by atoms with van der Waals surface area (Å²) in [6.07, 6.45) is 2.35. The van der Waals surface area contributed by atoms with Crippen LogP contribution in [0.15, 0.2) is 18.2 Å². The van der Waals surface area contributed by atoms with Crippen LogP contribution in [0.2, 0.25) is 0 Å². The molecule has 2 aliphatic heterocycles. The van der Waals surface area contributed by atoms with Gasteiger partial charge in [0.25, 0.3) is 0 Å².